The van der Waals surface area contributed by atoms with E-state index in [1.165, 1.54) is 0 Å². The zero-order valence-electron chi connectivity index (χ0n) is 12.4. The quantitative estimate of drug-likeness (QED) is 0.873. The average molecular weight is 324 g/mol. The summed E-state index contributed by atoms with van der Waals surface area (Å²) < 4.78 is 5.50. The first-order chi connectivity index (χ1) is 10.4. The summed E-state index contributed by atoms with van der Waals surface area (Å²) in [5.74, 6) is -0.656. The van der Waals surface area contributed by atoms with Crippen LogP contribution in [0.1, 0.15) is 25.8 Å². The van der Waals surface area contributed by atoms with E-state index >= 15 is 0 Å². The second kappa shape index (κ2) is 6.83. The zero-order chi connectivity index (χ0) is 16.3. The number of ether oxygens (including phenoxy) is 1. The molecule has 0 aliphatic carbocycles. The number of amides is 1. The Labute approximate surface area is 133 Å². The molecular weight excluding hydrogens is 306 g/mol. The molecule has 1 unspecified atom stereocenters. The van der Waals surface area contributed by atoms with E-state index in [9.17, 15) is 14.7 Å². The zero-order valence-corrected chi connectivity index (χ0v) is 13.2. The Morgan fingerprint density at radius 1 is 1.41 bits per heavy atom. The van der Waals surface area contributed by atoms with Gasteiger partial charge in [0.05, 0.1) is 5.57 Å². The molecule has 118 valence electrons. The van der Waals surface area contributed by atoms with Gasteiger partial charge in [-0.3, -0.25) is 4.79 Å². The molecule has 2 rings (SSSR count). The molecule has 6 heteroatoms. The van der Waals surface area contributed by atoms with Gasteiger partial charge in [0, 0.05) is 10.6 Å². The van der Waals surface area contributed by atoms with E-state index in [-0.39, 0.29) is 12.5 Å². The van der Waals surface area contributed by atoms with Crippen LogP contribution in [0, 0.1) is 5.92 Å². The van der Waals surface area contributed by atoms with Crippen LogP contribution in [0.25, 0.3) is 6.08 Å². The molecule has 0 aromatic heterocycles. The topological polar surface area (TPSA) is 75.6 Å². The number of hydrogen-bond donors (Lipinski definition) is 2. The Balaban J connectivity index is 2.14. The number of carbonyl (C=O) groups excluding carboxylic acids is 1. The minimum Gasteiger partial charge on any atom is -0.488 e. The predicted molar refractivity (Wildman–Crippen MR) is 83.9 cm³/mol. The maximum Gasteiger partial charge on any atom is 0.326 e. The van der Waals surface area contributed by atoms with Crippen LogP contribution in [0.5, 0.6) is 5.75 Å². The predicted octanol–water partition coefficient (Wildman–Crippen LogP) is 2.73. The second-order valence-corrected chi connectivity index (χ2v) is 6.07. The van der Waals surface area contributed by atoms with Crippen LogP contribution in [0.2, 0.25) is 5.02 Å². The van der Waals surface area contributed by atoms with Gasteiger partial charge in [0.1, 0.15) is 18.4 Å². The van der Waals surface area contributed by atoms with E-state index in [4.69, 9.17) is 16.3 Å². The number of rotatable bonds is 5. The highest BCUT2D eigenvalue weighted by Gasteiger charge is 2.24. The van der Waals surface area contributed by atoms with Crippen molar-refractivity contribution in [3.8, 4) is 5.75 Å². The van der Waals surface area contributed by atoms with Crippen molar-refractivity contribution in [3.63, 3.8) is 0 Å². The number of carboxylic acids is 1. The molecule has 1 amide bonds. The molecule has 5 nitrogen and oxygen atoms in total. The molecule has 0 fully saturated rings. The fraction of sp³-hybridized carbons (Fsp3) is 0.375. The molecule has 0 spiro atoms. The van der Waals surface area contributed by atoms with Crippen molar-refractivity contribution in [2.24, 2.45) is 5.92 Å². The van der Waals surface area contributed by atoms with E-state index in [2.05, 4.69) is 5.32 Å². The van der Waals surface area contributed by atoms with Crippen molar-refractivity contribution in [1.29, 1.82) is 0 Å². The number of halogens is 1. The molecule has 0 saturated heterocycles. The lowest BCUT2D eigenvalue weighted by Gasteiger charge is -2.20. The van der Waals surface area contributed by atoms with Crippen LogP contribution in [0.4, 0.5) is 0 Å². The maximum atomic E-state index is 12.2. The Morgan fingerprint density at radius 3 is 2.77 bits per heavy atom. The summed E-state index contributed by atoms with van der Waals surface area (Å²) in [6, 6.07) is 4.24. The Hall–Kier alpha value is -2.01. The molecule has 0 saturated carbocycles. The Morgan fingerprint density at radius 2 is 2.14 bits per heavy atom. The highest BCUT2D eigenvalue weighted by Crippen LogP contribution is 2.29. The largest absolute Gasteiger partial charge is 0.488 e. The maximum absolute atomic E-state index is 12.2. The van der Waals surface area contributed by atoms with Crippen molar-refractivity contribution in [3.05, 3.63) is 34.4 Å². The van der Waals surface area contributed by atoms with Crippen molar-refractivity contribution >= 4 is 29.6 Å². The van der Waals surface area contributed by atoms with Crippen LogP contribution in [-0.2, 0) is 9.59 Å². The van der Waals surface area contributed by atoms with Gasteiger partial charge in [-0.05, 0) is 36.6 Å². The summed E-state index contributed by atoms with van der Waals surface area (Å²) in [6.45, 7) is 3.92. The molecule has 0 radical (unpaired) electrons. The number of hydrogen-bond acceptors (Lipinski definition) is 3. The van der Waals surface area contributed by atoms with E-state index in [1.54, 1.807) is 24.3 Å². The van der Waals surface area contributed by atoms with Crippen LogP contribution in [0.3, 0.4) is 0 Å². The van der Waals surface area contributed by atoms with Crippen molar-refractivity contribution < 1.29 is 19.4 Å². The minimum atomic E-state index is -1.04. The summed E-state index contributed by atoms with van der Waals surface area (Å²) >= 11 is 5.92. The molecule has 2 N–H and O–H groups in total. The first kappa shape index (κ1) is 16.4. The molecular formula is C16H18ClNO4. The normalized spacial score (nSPS) is 14.6. The van der Waals surface area contributed by atoms with Crippen LogP contribution < -0.4 is 10.1 Å². The number of carbonyl (C=O) groups is 2. The summed E-state index contributed by atoms with van der Waals surface area (Å²) in [5.41, 5.74) is 1.09. The van der Waals surface area contributed by atoms with Gasteiger partial charge in [-0.2, -0.15) is 0 Å². The van der Waals surface area contributed by atoms with Gasteiger partial charge < -0.3 is 15.2 Å². The molecule has 1 aliphatic heterocycles. The van der Waals surface area contributed by atoms with E-state index in [0.29, 0.717) is 28.3 Å². The standard InChI is InChI=1S/C16H18ClNO4/c1-9(2)5-13(16(20)21)18-15(19)11-6-10-7-12(17)3-4-14(10)22-8-11/h3-4,6-7,9,13H,5,8H2,1-2H3,(H,18,19)(H,20,21). The SMILES string of the molecule is CC(C)CC(NC(=O)C1=Cc2cc(Cl)ccc2OC1)C(=O)O. The van der Waals surface area contributed by atoms with Crippen molar-refractivity contribution in [2.75, 3.05) is 6.61 Å². The Bertz CT molecular complexity index is 625. The first-order valence-corrected chi connectivity index (χ1v) is 7.41. The van der Waals surface area contributed by atoms with Gasteiger partial charge in [-0.15, -0.1) is 0 Å². The smallest absolute Gasteiger partial charge is 0.326 e. The first-order valence-electron chi connectivity index (χ1n) is 7.03. The summed E-state index contributed by atoms with van der Waals surface area (Å²) in [7, 11) is 0. The summed E-state index contributed by atoms with van der Waals surface area (Å²) in [5, 5.41) is 12.3. The monoisotopic (exact) mass is 323 g/mol. The highest BCUT2D eigenvalue weighted by molar-refractivity contribution is 6.30. The third kappa shape index (κ3) is 4.01. The molecule has 1 heterocycles. The van der Waals surface area contributed by atoms with Gasteiger partial charge in [0.15, 0.2) is 0 Å². The number of aliphatic carboxylic acids is 1. The van der Waals surface area contributed by atoms with Crippen LogP contribution in [0.15, 0.2) is 23.8 Å². The van der Waals surface area contributed by atoms with Gasteiger partial charge in [-0.25, -0.2) is 4.79 Å². The van der Waals surface area contributed by atoms with Crippen molar-refractivity contribution in [1.82, 2.24) is 5.32 Å². The second-order valence-electron chi connectivity index (χ2n) is 5.63. The number of benzene rings is 1. The lowest BCUT2D eigenvalue weighted by molar-refractivity contribution is -0.141. The van der Waals surface area contributed by atoms with Gasteiger partial charge >= 0.3 is 5.97 Å². The molecule has 22 heavy (non-hydrogen) atoms. The fourth-order valence-corrected chi connectivity index (χ4v) is 2.40. The van der Waals surface area contributed by atoms with E-state index < -0.39 is 17.9 Å². The van der Waals surface area contributed by atoms with Gasteiger partial charge in [0.2, 0.25) is 0 Å². The Kier molecular flexibility index (Phi) is 5.08. The van der Waals surface area contributed by atoms with Gasteiger partial charge in [-0.1, -0.05) is 25.4 Å². The third-order valence-corrected chi connectivity index (χ3v) is 3.52. The lowest BCUT2D eigenvalue weighted by Crippen LogP contribution is -2.43. The number of nitrogens with one attached hydrogen (secondary N) is 1. The highest BCUT2D eigenvalue weighted by atomic mass is 35.5. The summed E-state index contributed by atoms with van der Waals surface area (Å²) in [6.07, 6.45) is 2.05. The summed E-state index contributed by atoms with van der Waals surface area (Å²) in [4.78, 5) is 23.4. The van der Waals surface area contributed by atoms with Gasteiger partial charge in [0.25, 0.3) is 5.91 Å². The molecule has 1 atom stereocenters. The van der Waals surface area contributed by atoms with Crippen molar-refractivity contribution in [2.45, 2.75) is 26.3 Å². The number of fused-ring (bicyclic) bond motifs is 1. The van der Waals surface area contributed by atoms with Crippen LogP contribution in [-0.4, -0.2) is 29.6 Å². The van der Waals surface area contributed by atoms with Crippen LogP contribution >= 0.6 is 11.6 Å². The fourth-order valence-electron chi connectivity index (χ4n) is 2.22. The van der Waals surface area contributed by atoms with E-state index in [1.807, 2.05) is 13.8 Å². The molecule has 1 aromatic rings. The minimum absolute atomic E-state index is 0.106. The lowest BCUT2D eigenvalue weighted by atomic mass is 10.0. The molecule has 1 aromatic carbocycles. The molecule has 1 aliphatic rings. The molecule has 0 bridgehead atoms. The third-order valence-electron chi connectivity index (χ3n) is 3.29. The number of carboxylic acid groups (broad SMARTS) is 1. The van der Waals surface area contributed by atoms with E-state index in [0.717, 1.165) is 0 Å². The average Bonchev–Trinajstić information content (AvgIpc) is 2.45.